The van der Waals surface area contributed by atoms with Gasteiger partial charge < -0.3 is 9.80 Å². The number of rotatable bonds is 2. The molecule has 0 atom stereocenters. The molecule has 0 unspecified atom stereocenters. The SMILES string of the molecule is Cc1ccc(C(=O)N2CCN(c3cccc4cc(Cl)ccc34)CC2)cc1Cl. The van der Waals surface area contributed by atoms with Gasteiger partial charge in [0.05, 0.1) is 0 Å². The maximum absolute atomic E-state index is 12.8. The van der Waals surface area contributed by atoms with E-state index in [0.29, 0.717) is 23.7 Å². The number of aryl methyl sites for hydroxylation is 1. The smallest absolute Gasteiger partial charge is 0.254 e. The first-order valence-electron chi connectivity index (χ1n) is 9.01. The number of halogens is 2. The fourth-order valence-electron chi connectivity index (χ4n) is 3.57. The highest BCUT2D eigenvalue weighted by molar-refractivity contribution is 6.32. The topological polar surface area (TPSA) is 23.6 Å². The quantitative estimate of drug-likeness (QED) is 0.575. The van der Waals surface area contributed by atoms with Crippen LogP contribution in [0.4, 0.5) is 5.69 Å². The van der Waals surface area contributed by atoms with Crippen molar-refractivity contribution in [1.82, 2.24) is 4.90 Å². The van der Waals surface area contributed by atoms with E-state index in [1.807, 2.05) is 36.1 Å². The molecule has 1 aliphatic heterocycles. The Morgan fingerprint density at radius 3 is 2.44 bits per heavy atom. The van der Waals surface area contributed by atoms with E-state index in [1.54, 1.807) is 6.07 Å². The molecule has 0 radical (unpaired) electrons. The molecule has 0 saturated carbocycles. The number of nitrogens with zero attached hydrogens (tertiary/aromatic N) is 2. The second kappa shape index (κ2) is 7.41. The van der Waals surface area contributed by atoms with Gasteiger partial charge in [0.1, 0.15) is 0 Å². The van der Waals surface area contributed by atoms with Crippen LogP contribution in [0.15, 0.2) is 54.6 Å². The fourth-order valence-corrected chi connectivity index (χ4v) is 3.93. The third kappa shape index (κ3) is 3.62. The second-order valence-electron chi connectivity index (χ2n) is 6.89. The van der Waals surface area contributed by atoms with Crippen LogP contribution >= 0.6 is 23.2 Å². The molecule has 3 nitrogen and oxygen atoms in total. The third-order valence-electron chi connectivity index (χ3n) is 5.15. The van der Waals surface area contributed by atoms with Crippen molar-refractivity contribution in [3.05, 3.63) is 75.8 Å². The number of benzene rings is 3. The summed E-state index contributed by atoms with van der Waals surface area (Å²) in [5.41, 5.74) is 2.82. The first kappa shape index (κ1) is 18.1. The van der Waals surface area contributed by atoms with Crippen molar-refractivity contribution in [1.29, 1.82) is 0 Å². The zero-order valence-corrected chi connectivity index (χ0v) is 16.6. The molecule has 3 aromatic rings. The van der Waals surface area contributed by atoms with Crippen molar-refractivity contribution in [2.24, 2.45) is 0 Å². The molecule has 0 aliphatic carbocycles. The van der Waals surface area contributed by atoms with Gasteiger partial charge in [0.15, 0.2) is 0 Å². The van der Waals surface area contributed by atoms with Gasteiger partial charge in [-0.3, -0.25) is 4.79 Å². The van der Waals surface area contributed by atoms with Gasteiger partial charge in [-0.2, -0.15) is 0 Å². The molecule has 1 amide bonds. The maximum atomic E-state index is 12.8. The van der Waals surface area contributed by atoms with E-state index < -0.39 is 0 Å². The molecule has 3 aromatic carbocycles. The largest absolute Gasteiger partial charge is 0.367 e. The minimum atomic E-state index is 0.0428. The summed E-state index contributed by atoms with van der Waals surface area (Å²) in [4.78, 5) is 17.0. The number of carbonyl (C=O) groups is 1. The Bertz CT molecular complexity index is 1010. The lowest BCUT2D eigenvalue weighted by Gasteiger charge is -2.36. The van der Waals surface area contributed by atoms with Crippen molar-refractivity contribution in [3.8, 4) is 0 Å². The van der Waals surface area contributed by atoms with E-state index in [-0.39, 0.29) is 5.91 Å². The lowest BCUT2D eigenvalue weighted by atomic mass is 10.1. The molecule has 1 saturated heterocycles. The molecule has 0 bridgehead atoms. The number of amides is 1. The molecular formula is C22H20Cl2N2O. The van der Waals surface area contributed by atoms with Crippen LogP contribution in [0.5, 0.6) is 0 Å². The normalized spacial score (nSPS) is 14.6. The number of hydrogen-bond acceptors (Lipinski definition) is 2. The number of anilines is 1. The van der Waals surface area contributed by atoms with Crippen LogP contribution in [0.3, 0.4) is 0 Å². The summed E-state index contributed by atoms with van der Waals surface area (Å²) in [6.45, 7) is 4.91. The van der Waals surface area contributed by atoms with Crippen molar-refractivity contribution in [3.63, 3.8) is 0 Å². The van der Waals surface area contributed by atoms with Gasteiger partial charge in [-0.05, 0) is 48.2 Å². The average molecular weight is 399 g/mol. The van der Waals surface area contributed by atoms with Gasteiger partial charge in [-0.1, -0.05) is 47.5 Å². The zero-order chi connectivity index (χ0) is 19.0. The molecule has 1 heterocycles. The Labute approximate surface area is 169 Å². The predicted octanol–water partition coefficient (Wildman–Crippen LogP) is 5.42. The summed E-state index contributed by atoms with van der Waals surface area (Å²) < 4.78 is 0. The predicted molar refractivity (Wildman–Crippen MR) is 113 cm³/mol. The van der Waals surface area contributed by atoms with Gasteiger partial charge in [-0.25, -0.2) is 0 Å². The molecule has 138 valence electrons. The third-order valence-corrected chi connectivity index (χ3v) is 5.79. The standard InChI is InChI=1S/C22H20Cl2N2O/c1-15-5-6-17(14-20(15)24)22(27)26-11-9-25(10-12-26)21-4-2-3-16-13-18(23)7-8-19(16)21/h2-8,13-14H,9-12H2,1H3. The molecule has 0 aromatic heterocycles. The zero-order valence-electron chi connectivity index (χ0n) is 15.1. The van der Waals surface area contributed by atoms with Gasteiger partial charge in [0, 0.05) is 52.9 Å². The summed E-state index contributed by atoms with van der Waals surface area (Å²) in [6.07, 6.45) is 0. The van der Waals surface area contributed by atoms with Gasteiger partial charge >= 0.3 is 0 Å². The molecule has 1 fully saturated rings. The van der Waals surface area contributed by atoms with E-state index in [0.717, 1.165) is 29.1 Å². The number of fused-ring (bicyclic) bond motifs is 1. The first-order valence-corrected chi connectivity index (χ1v) is 9.77. The summed E-state index contributed by atoms with van der Waals surface area (Å²) >= 11 is 12.3. The molecule has 27 heavy (non-hydrogen) atoms. The van der Waals surface area contributed by atoms with Crippen molar-refractivity contribution in [2.45, 2.75) is 6.92 Å². The molecule has 5 heteroatoms. The monoisotopic (exact) mass is 398 g/mol. The average Bonchev–Trinajstić information content (AvgIpc) is 2.69. The van der Waals surface area contributed by atoms with E-state index in [9.17, 15) is 4.79 Å². The molecule has 0 spiro atoms. The maximum Gasteiger partial charge on any atom is 0.254 e. The summed E-state index contributed by atoms with van der Waals surface area (Å²) in [5, 5.41) is 3.69. The Morgan fingerprint density at radius 1 is 0.926 bits per heavy atom. The van der Waals surface area contributed by atoms with Crippen molar-refractivity contribution < 1.29 is 4.79 Å². The van der Waals surface area contributed by atoms with Crippen LogP contribution in [-0.4, -0.2) is 37.0 Å². The van der Waals surface area contributed by atoms with Crippen LogP contribution in [0.2, 0.25) is 10.0 Å². The second-order valence-corrected chi connectivity index (χ2v) is 7.73. The molecule has 0 N–H and O–H groups in total. The van der Waals surface area contributed by atoms with E-state index in [2.05, 4.69) is 29.2 Å². The van der Waals surface area contributed by atoms with E-state index in [1.165, 1.54) is 11.1 Å². The van der Waals surface area contributed by atoms with E-state index >= 15 is 0 Å². The fraction of sp³-hybridized carbons (Fsp3) is 0.227. The van der Waals surface area contributed by atoms with Crippen molar-refractivity contribution in [2.75, 3.05) is 31.1 Å². The highest BCUT2D eigenvalue weighted by Crippen LogP contribution is 2.30. The number of hydrogen-bond donors (Lipinski definition) is 0. The van der Waals surface area contributed by atoms with Crippen LogP contribution in [0.1, 0.15) is 15.9 Å². The van der Waals surface area contributed by atoms with Gasteiger partial charge in [0.2, 0.25) is 0 Å². The number of carbonyl (C=O) groups excluding carboxylic acids is 1. The highest BCUT2D eigenvalue weighted by Gasteiger charge is 2.23. The van der Waals surface area contributed by atoms with Crippen LogP contribution in [0, 0.1) is 6.92 Å². The summed E-state index contributed by atoms with van der Waals surface area (Å²) in [7, 11) is 0. The van der Waals surface area contributed by atoms with Crippen LogP contribution in [0.25, 0.3) is 10.8 Å². The minimum absolute atomic E-state index is 0.0428. The first-order chi connectivity index (χ1) is 13.0. The van der Waals surface area contributed by atoms with Gasteiger partial charge in [-0.15, -0.1) is 0 Å². The molecule has 1 aliphatic rings. The minimum Gasteiger partial charge on any atom is -0.367 e. The Morgan fingerprint density at radius 2 is 1.70 bits per heavy atom. The Hall–Kier alpha value is -2.23. The van der Waals surface area contributed by atoms with Crippen LogP contribution < -0.4 is 4.90 Å². The summed E-state index contributed by atoms with van der Waals surface area (Å²) in [5.74, 6) is 0.0428. The van der Waals surface area contributed by atoms with Gasteiger partial charge in [0.25, 0.3) is 5.91 Å². The van der Waals surface area contributed by atoms with Crippen molar-refractivity contribution >= 4 is 45.6 Å². The Kier molecular flexibility index (Phi) is 4.98. The lowest BCUT2D eigenvalue weighted by molar-refractivity contribution is 0.0747. The van der Waals surface area contributed by atoms with Crippen LogP contribution in [-0.2, 0) is 0 Å². The lowest BCUT2D eigenvalue weighted by Crippen LogP contribution is -2.48. The molecular weight excluding hydrogens is 379 g/mol. The highest BCUT2D eigenvalue weighted by atomic mass is 35.5. The Balaban J connectivity index is 1.51. The molecule has 4 rings (SSSR count). The van der Waals surface area contributed by atoms with E-state index in [4.69, 9.17) is 23.2 Å². The number of piperazine rings is 1. The summed E-state index contributed by atoms with van der Waals surface area (Å²) in [6, 6.07) is 17.8.